The minimum atomic E-state index is -0.0560. The van der Waals surface area contributed by atoms with Crippen molar-refractivity contribution < 1.29 is 4.42 Å². The quantitative estimate of drug-likeness (QED) is 0.161. The largest absolute Gasteiger partial charge is 0.456 e. The summed E-state index contributed by atoms with van der Waals surface area (Å²) < 4.78 is 6.69. The molecule has 11 rings (SSSR count). The van der Waals surface area contributed by atoms with Crippen LogP contribution in [0.4, 0.5) is 17.1 Å². The number of anilines is 3. The van der Waals surface area contributed by atoms with Gasteiger partial charge >= 0.3 is 0 Å². The molecule has 8 aromatic rings. The summed E-state index contributed by atoms with van der Waals surface area (Å²) in [6.45, 7) is 7.08. The molecule has 3 aliphatic carbocycles. The lowest BCUT2D eigenvalue weighted by Gasteiger charge is -2.31. The number of rotatable bonds is 7. The zero-order valence-corrected chi connectivity index (χ0v) is 33.6. The molecule has 0 amide bonds. The molecule has 58 heavy (non-hydrogen) atoms. The summed E-state index contributed by atoms with van der Waals surface area (Å²) in [5.74, 6) is 0.604. The van der Waals surface area contributed by atoms with E-state index in [-0.39, 0.29) is 5.41 Å². The van der Waals surface area contributed by atoms with Gasteiger partial charge in [-0.1, -0.05) is 141 Å². The van der Waals surface area contributed by atoms with Crippen molar-refractivity contribution in [3.8, 4) is 33.4 Å². The smallest absolute Gasteiger partial charge is 0.137 e. The number of hydrogen-bond donors (Lipinski definition) is 0. The zero-order valence-electron chi connectivity index (χ0n) is 33.6. The second kappa shape index (κ2) is 13.6. The molecule has 282 valence electrons. The lowest BCUT2D eigenvalue weighted by Crippen LogP contribution is -2.19. The summed E-state index contributed by atoms with van der Waals surface area (Å²) >= 11 is 0. The topological polar surface area (TPSA) is 16.4 Å². The molecule has 0 unspecified atom stereocenters. The molecule has 1 aromatic heterocycles. The Morgan fingerprint density at radius 2 is 1.33 bits per heavy atom. The number of benzene rings is 7. The van der Waals surface area contributed by atoms with Crippen molar-refractivity contribution in [3.63, 3.8) is 0 Å². The monoisotopic (exact) mass is 749 g/mol. The molecule has 0 spiro atoms. The first-order valence-electron chi connectivity index (χ1n) is 21.1. The summed E-state index contributed by atoms with van der Waals surface area (Å²) in [5.41, 5.74) is 21.1. The van der Waals surface area contributed by atoms with E-state index in [0.717, 1.165) is 51.8 Å². The van der Waals surface area contributed by atoms with Crippen LogP contribution < -0.4 is 4.90 Å². The molecule has 2 heteroatoms. The van der Waals surface area contributed by atoms with Gasteiger partial charge in [0.1, 0.15) is 11.2 Å². The fourth-order valence-electron chi connectivity index (χ4n) is 10.1. The molecule has 3 aliphatic rings. The predicted molar refractivity (Wildman–Crippen MR) is 244 cm³/mol. The van der Waals surface area contributed by atoms with E-state index in [9.17, 15) is 0 Å². The van der Waals surface area contributed by atoms with E-state index in [1.807, 2.05) is 0 Å². The highest BCUT2D eigenvalue weighted by molar-refractivity contribution is 6.09. The highest BCUT2D eigenvalue weighted by atomic mass is 16.3. The summed E-state index contributed by atoms with van der Waals surface area (Å²) in [7, 11) is 0. The van der Waals surface area contributed by atoms with Crippen LogP contribution in [0.1, 0.15) is 74.1 Å². The molecule has 1 heterocycles. The van der Waals surface area contributed by atoms with Gasteiger partial charge in [-0.05, 0) is 137 Å². The Kier molecular flexibility index (Phi) is 8.19. The van der Waals surface area contributed by atoms with Gasteiger partial charge in [-0.3, -0.25) is 0 Å². The first-order chi connectivity index (χ1) is 28.4. The summed E-state index contributed by atoms with van der Waals surface area (Å²) in [6.07, 6.45) is 10.7. The van der Waals surface area contributed by atoms with E-state index in [2.05, 4.69) is 189 Å². The van der Waals surface area contributed by atoms with Crippen molar-refractivity contribution in [3.05, 3.63) is 192 Å². The second-order valence-corrected chi connectivity index (χ2v) is 17.1. The van der Waals surface area contributed by atoms with Crippen LogP contribution in [-0.2, 0) is 5.41 Å². The van der Waals surface area contributed by atoms with Crippen molar-refractivity contribution in [2.45, 2.75) is 64.2 Å². The van der Waals surface area contributed by atoms with Gasteiger partial charge in [-0.15, -0.1) is 0 Å². The van der Waals surface area contributed by atoms with Crippen LogP contribution in [0.2, 0.25) is 0 Å². The maximum atomic E-state index is 6.69. The number of furan rings is 1. The predicted octanol–water partition coefficient (Wildman–Crippen LogP) is 16.0. The lowest BCUT2D eigenvalue weighted by molar-refractivity contribution is 0.420. The Morgan fingerprint density at radius 3 is 2.14 bits per heavy atom. The highest BCUT2D eigenvalue weighted by Crippen LogP contribution is 2.53. The number of aryl methyl sites for hydroxylation is 1. The highest BCUT2D eigenvalue weighted by Gasteiger charge is 2.38. The van der Waals surface area contributed by atoms with Crippen molar-refractivity contribution in [2.24, 2.45) is 0 Å². The van der Waals surface area contributed by atoms with Gasteiger partial charge in [0, 0.05) is 39.2 Å². The van der Waals surface area contributed by atoms with Crippen LogP contribution in [0.3, 0.4) is 0 Å². The average molecular weight is 750 g/mol. The van der Waals surface area contributed by atoms with Crippen LogP contribution in [-0.4, -0.2) is 0 Å². The van der Waals surface area contributed by atoms with E-state index in [1.54, 1.807) is 5.57 Å². The number of hydrogen-bond acceptors (Lipinski definition) is 2. The molecule has 7 aromatic carbocycles. The average Bonchev–Trinajstić information content (AvgIpc) is 3.72. The molecule has 0 saturated heterocycles. The van der Waals surface area contributed by atoms with Gasteiger partial charge in [0.15, 0.2) is 0 Å². The number of fused-ring (bicyclic) bond motifs is 5. The summed E-state index contributed by atoms with van der Waals surface area (Å²) in [6, 6.07) is 56.3. The molecular weight excluding hydrogens is 703 g/mol. The summed E-state index contributed by atoms with van der Waals surface area (Å²) in [5, 5.41) is 2.27. The summed E-state index contributed by atoms with van der Waals surface area (Å²) in [4.78, 5) is 2.48. The van der Waals surface area contributed by atoms with Crippen LogP contribution in [0.25, 0.3) is 60.9 Å². The molecule has 1 fully saturated rings. The Hall–Kier alpha value is -6.38. The maximum absolute atomic E-state index is 6.69. The third-order valence-corrected chi connectivity index (χ3v) is 13.5. The fraction of sp³-hybridized carbons (Fsp3) is 0.179. The Balaban J connectivity index is 1.17. The van der Waals surface area contributed by atoms with E-state index >= 15 is 0 Å². The van der Waals surface area contributed by atoms with Crippen molar-refractivity contribution >= 4 is 44.6 Å². The molecule has 0 atom stereocenters. The van der Waals surface area contributed by atoms with Gasteiger partial charge in [-0.2, -0.15) is 0 Å². The molecule has 0 bridgehead atoms. The molecule has 0 N–H and O–H groups in total. The van der Waals surface area contributed by atoms with Gasteiger partial charge in [0.2, 0.25) is 0 Å². The van der Waals surface area contributed by atoms with E-state index in [4.69, 9.17) is 4.42 Å². The van der Waals surface area contributed by atoms with Gasteiger partial charge in [0.05, 0.1) is 5.69 Å². The first kappa shape index (κ1) is 34.8. The van der Waals surface area contributed by atoms with E-state index < -0.39 is 0 Å². The number of nitrogens with zero attached hydrogens (tertiary/aromatic N) is 1. The van der Waals surface area contributed by atoms with Gasteiger partial charge in [0.25, 0.3) is 0 Å². The van der Waals surface area contributed by atoms with E-state index in [0.29, 0.717) is 5.92 Å². The van der Waals surface area contributed by atoms with Crippen molar-refractivity contribution in [1.82, 2.24) is 0 Å². The van der Waals surface area contributed by atoms with Crippen LogP contribution in [0.15, 0.2) is 174 Å². The standard InChI is InChI=1S/C56H47NO/c1-36-14-7-8-19-43(36)49-32-40(26-30-44(49)39-17-13-18-39)48-34-50-47-21-10-12-23-54(47)58-55(50)35-53(48)57(41-27-24-38(25-28-41)37-15-5-4-6-16-37)42-29-31-46-45-20-9-11-22-51(45)56(2,3)52(46)33-42/h4-10,12,14-16,19-21,23-35,39H,11,13,17-18,22H2,1-3H3. The maximum Gasteiger partial charge on any atom is 0.137 e. The molecule has 1 saturated carbocycles. The van der Waals surface area contributed by atoms with Crippen LogP contribution >= 0.6 is 0 Å². The van der Waals surface area contributed by atoms with Crippen molar-refractivity contribution in [2.75, 3.05) is 4.90 Å². The van der Waals surface area contributed by atoms with Crippen LogP contribution in [0, 0.1) is 6.92 Å². The van der Waals surface area contributed by atoms with E-state index in [1.165, 1.54) is 80.5 Å². The molecule has 0 aliphatic heterocycles. The Morgan fingerprint density at radius 1 is 0.586 bits per heavy atom. The SMILES string of the molecule is Cc1ccccc1-c1cc(-c2cc3c(cc2N(c2ccc(-c4ccccc4)cc2)c2ccc4c(c2)C(C)(C)C2=C4C=CCC2)oc2ccccc23)ccc1C1CCC1. The van der Waals surface area contributed by atoms with Crippen molar-refractivity contribution in [1.29, 1.82) is 0 Å². The Bertz CT molecular complexity index is 2950. The van der Waals surface area contributed by atoms with Gasteiger partial charge in [-0.25, -0.2) is 0 Å². The minimum absolute atomic E-state index is 0.0560. The third-order valence-electron chi connectivity index (χ3n) is 13.5. The minimum Gasteiger partial charge on any atom is -0.456 e. The normalized spacial score (nSPS) is 15.8. The number of para-hydroxylation sites is 1. The fourth-order valence-corrected chi connectivity index (χ4v) is 10.1. The van der Waals surface area contributed by atoms with Gasteiger partial charge < -0.3 is 9.32 Å². The molecule has 0 radical (unpaired) electrons. The molecule has 2 nitrogen and oxygen atoms in total. The van der Waals surface area contributed by atoms with Crippen LogP contribution in [0.5, 0.6) is 0 Å². The number of allylic oxidation sites excluding steroid dienone is 4. The third kappa shape index (κ3) is 5.61. The lowest BCUT2D eigenvalue weighted by atomic mass is 9.76. The Labute approximate surface area is 341 Å². The second-order valence-electron chi connectivity index (χ2n) is 17.1. The molecular formula is C56H47NO. The zero-order chi connectivity index (χ0) is 39.0. The first-order valence-corrected chi connectivity index (χ1v) is 21.1.